The molecule has 1 aromatic carbocycles. The fraction of sp³-hybridized carbons (Fsp3) is 0.600. The molecule has 25 heavy (non-hydrogen) atoms. The second kappa shape index (κ2) is 9.28. The van der Waals surface area contributed by atoms with Crippen LogP contribution in [0.5, 0.6) is 11.5 Å². The molecule has 0 spiro atoms. The lowest BCUT2D eigenvalue weighted by Crippen LogP contribution is -2.41. The second-order valence-electron chi connectivity index (χ2n) is 7.64. The molecule has 0 saturated carbocycles. The van der Waals surface area contributed by atoms with E-state index in [4.69, 9.17) is 13.9 Å². The quantitative estimate of drug-likeness (QED) is 0.447. The van der Waals surface area contributed by atoms with E-state index in [0.717, 1.165) is 12.0 Å². The third-order valence-electron chi connectivity index (χ3n) is 4.63. The number of hydrogen-bond donors (Lipinski definition) is 1. The molecule has 0 radical (unpaired) electrons. The minimum absolute atomic E-state index is 0.205. The summed E-state index contributed by atoms with van der Waals surface area (Å²) in [5, 5.41) is 10.3. The first kappa shape index (κ1) is 21.6. The zero-order valence-electron chi connectivity index (χ0n) is 16.6. The first-order valence-electron chi connectivity index (χ1n) is 8.65. The molecule has 0 bridgehead atoms. The maximum atomic E-state index is 10.1. The van der Waals surface area contributed by atoms with Crippen molar-refractivity contribution in [2.24, 2.45) is 0 Å². The fourth-order valence-corrected chi connectivity index (χ4v) is 3.03. The van der Waals surface area contributed by atoms with Gasteiger partial charge in [-0.1, -0.05) is 32.6 Å². The Balaban J connectivity index is 2.53. The molecular formula is C20H32O4Si. The molecule has 5 heteroatoms. The van der Waals surface area contributed by atoms with Crippen molar-refractivity contribution < 1.29 is 19.0 Å². The SMILES string of the molecule is COc1cc(C#CC(O)CCCO[Si](C)(C)C(C)(C)C)cc(OC)c1. The van der Waals surface area contributed by atoms with Crippen molar-refractivity contribution >= 4 is 8.32 Å². The molecule has 4 nitrogen and oxygen atoms in total. The van der Waals surface area contributed by atoms with Gasteiger partial charge in [0.25, 0.3) is 0 Å². The van der Waals surface area contributed by atoms with Gasteiger partial charge in [-0.25, -0.2) is 0 Å². The summed E-state index contributed by atoms with van der Waals surface area (Å²) in [6.45, 7) is 11.8. The Hall–Kier alpha value is -1.48. The minimum Gasteiger partial charge on any atom is -0.497 e. The normalized spacial score (nSPS) is 13.0. The Bertz CT molecular complexity index is 586. The number of ether oxygens (including phenoxy) is 2. The molecule has 1 aromatic rings. The molecule has 0 aliphatic rings. The molecule has 0 saturated heterocycles. The molecule has 1 unspecified atom stereocenters. The zero-order chi connectivity index (χ0) is 19.1. The van der Waals surface area contributed by atoms with Crippen molar-refractivity contribution in [3.63, 3.8) is 0 Å². The van der Waals surface area contributed by atoms with Crippen LogP contribution >= 0.6 is 0 Å². The fourth-order valence-electron chi connectivity index (χ4n) is 1.94. The molecule has 1 atom stereocenters. The second-order valence-corrected chi connectivity index (χ2v) is 12.4. The highest BCUT2D eigenvalue weighted by atomic mass is 28.4. The van der Waals surface area contributed by atoms with Crippen molar-refractivity contribution in [2.45, 2.75) is 57.8 Å². The maximum Gasteiger partial charge on any atom is 0.191 e. The van der Waals surface area contributed by atoms with E-state index in [-0.39, 0.29) is 5.04 Å². The highest BCUT2D eigenvalue weighted by Gasteiger charge is 2.36. The van der Waals surface area contributed by atoms with Gasteiger partial charge in [0.05, 0.1) is 14.2 Å². The summed E-state index contributed by atoms with van der Waals surface area (Å²) >= 11 is 0. The molecule has 0 aliphatic carbocycles. The number of hydrogen-bond acceptors (Lipinski definition) is 4. The van der Waals surface area contributed by atoms with Gasteiger partial charge in [0.2, 0.25) is 0 Å². The number of methoxy groups -OCH3 is 2. The van der Waals surface area contributed by atoms with E-state index in [1.165, 1.54) is 0 Å². The highest BCUT2D eigenvalue weighted by molar-refractivity contribution is 6.74. The van der Waals surface area contributed by atoms with Crippen LogP contribution in [0.4, 0.5) is 0 Å². The number of aliphatic hydroxyl groups excluding tert-OH is 1. The van der Waals surface area contributed by atoms with Crippen molar-refractivity contribution in [3.8, 4) is 23.3 Å². The van der Waals surface area contributed by atoms with Gasteiger partial charge in [-0.3, -0.25) is 0 Å². The van der Waals surface area contributed by atoms with Crippen molar-refractivity contribution in [3.05, 3.63) is 23.8 Å². The largest absolute Gasteiger partial charge is 0.497 e. The Kier molecular flexibility index (Phi) is 8.00. The van der Waals surface area contributed by atoms with Crippen LogP contribution in [0.3, 0.4) is 0 Å². The predicted octanol–water partition coefficient (Wildman–Crippen LogP) is 4.22. The van der Waals surface area contributed by atoms with Crippen molar-refractivity contribution in [2.75, 3.05) is 20.8 Å². The summed E-state index contributed by atoms with van der Waals surface area (Å²) in [4.78, 5) is 0. The Labute approximate surface area is 153 Å². The van der Waals surface area contributed by atoms with Crippen LogP contribution in [-0.4, -0.2) is 40.4 Å². The van der Waals surface area contributed by atoms with Gasteiger partial charge in [0.1, 0.15) is 17.6 Å². The topological polar surface area (TPSA) is 47.9 Å². The van der Waals surface area contributed by atoms with Crippen LogP contribution < -0.4 is 9.47 Å². The van der Waals surface area contributed by atoms with E-state index >= 15 is 0 Å². The predicted molar refractivity (Wildman–Crippen MR) is 105 cm³/mol. The monoisotopic (exact) mass is 364 g/mol. The third kappa shape index (κ3) is 7.11. The summed E-state index contributed by atoms with van der Waals surface area (Å²) in [6.07, 6.45) is 0.729. The maximum absolute atomic E-state index is 10.1. The van der Waals surface area contributed by atoms with Gasteiger partial charge in [0, 0.05) is 18.2 Å². The number of rotatable bonds is 7. The van der Waals surface area contributed by atoms with Gasteiger partial charge in [-0.2, -0.15) is 0 Å². The van der Waals surface area contributed by atoms with Crippen LogP contribution in [0.1, 0.15) is 39.2 Å². The summed E-state index contributed by atoms with van der Waals surface area (Å²) < 4.78 is 16.6. The van der Waals surface area contributed by atoms with Crippen LogP contribution in [0.15, 0.2) is 18.2 Å². The van der Waals surface area contributed by atoms with Gasteiger partial charge in [-0.15, -0.1) is 0 Å². The Morgan fingerprint density at radius 2 is 1.64 bits per heavy atom. The van der Waals surface area contributed by atoms with Crippen LogP contribution in [0.25, 0.3) is 0 Å². The van der Waals surface area contributed by atoms with Crippen LogP contribution in [0, 0.1) is 11.8 Å². The summed E-state index contributed by atoms with van der Waals surface area (Å²) in [5.74, 6) is 7.23. The Morgan fingerprint density at radius 3 is 2.12 bits per heavy atom. The Morgan fingerprint density at radius 1 is 1.08 bits per heavy atom. The summed E-state index contributed by atoms with van der Waals surface area (Å²) in [5.41, 5.74) is 0.757. The number of aliphatic hydroxyl groups is 1. The van der Waals surface area contributed by atoms with E-state index in [2.05, 4.69) is 45.7 Å². The molecule has 1 N–H and O–H groups in total. The minimum atomic E-state index is -1.71. The smallest absolute Gasteiger partial charge is 0.191 e. The summed E-state index contributed by atoms with van der Waals surface area (Å²) in [7, 11) is 1.49. The molecule has 140 valence electrons. The molecular weight excluding hydrogens is 332 g/mol. The molecule has 0 amide bonds. The van der Waals surface area contributed by atoms with Crippen LogP contribution in [0.2, 0.25) is 18.1 Å². The average molecular weight is 365 g/mol. The van der Waals surface area contributed by atoms with Crippen molar-refractivity contribution in [1.29, 1.82) is 0 Å². The van der Waals surface area contributed by atoms with Crippen molar-refractivity contribution in [1.82, 2.24) is 0 Å². The average Bonchev–Trinajstić information content (AvgIpc) is 2.55. The van der Waals surface area contributed by atoms with E-state index < -0.39 is 14.4 Å². The van der Waals surface area contributed by atoms with Gasteiger partial charge >= 0.3 is 0 Å². The lowest BCUT2D eigenvalue weighted by atomic mass is 10.1. The first-order chi connectivity index (χ1) is 11.6. The lowest BCUT2D eigenvalue weighted by molar-refractivity contribution is 0.198. The van der Waals surface area contributed by atoms with Gasteiger partial charge in [0.15, 0.2) is 8.32 Å². The molecule has 0 aromatic heterocycles. The van der Waals surface area contributed by atoms with E-state index in [1.54, 1.807) is 20.3 Å². The van der Waals surface area contributed by atoms with Gasteiger partial charge in [-0.05, 0) is 43.1 Å². The molecule has 1 rings (SSSR count). The van der Waals surface area contributed by atoms with E-state index in [0.29, 0.717) is 24.5 Å². The molecule has 0 heterocycles. The van der Waals surface area contributed by atoms with E-state index in [9.17, 15) is 5.11 Å². The number of benzene rings is 1. The van der Waals surface area contributed by atoms with Gasteiger partial charge < -0.3 is 19.0 Å². The standard InChI is InChI=1S/C20H32O4Si/c1-20(2,3)25(6,7)24-12-8-9-17(21)11-10-16-13-18(22-4)15-19(14-16)23-5/h13-15,17,21H,8-9,12H2,1-7H3. The van der Waals surface area contributed by atoms with E-state index in [1.807, 2.05) is 12.1 Å². The molecule has 0 fully saturated rings. The first-order valence-corrected chi connectivity index (χ1v) is 11.6. The zero-order valence-corrected chi connectivity index (χ0v) is 17.6. The molecule has 0 aliphatic heterocycles. The third-order valence-corrected chi connectivity index (χ3v) is 9.16. The van der Waals surface area contributed by atoms with Crippen LogP contribution in [-0.2, 0) is 4.43 Å². The highest BCUT2D eigenvalue weighted by Crippen LogP contribution is 2.36. The summed E-state index contributed by atoms with van der Waals surface area (Å²) in [6, 6.07) is 5.44. The lowest BCUT2D eigenvalue weighted by Gasteiger charge is -2.36.